The van der Waals surface area contributed by atoms with Crippen molar-refractivity contribution < 1.29 is 0 Å². The highest BCUT2D eigenvalue weighted by Gasteiger charge is 2.20. The van der Waals surface area contributed by atoms with Gasteiger partial charge in [0.2, 0.25) is 0 Å². The van der Waals surface area contributed by atoms with Crippen molar-refractivity contribution in [3.05, 3.63) is 35.9 Å². The summed E-state index contributed by atoms with van der Waals surface area (Å²) in [4.78, 5) is 2.17. The van der Waals surface area contributed by atoms with Crippen LogP contribution in [0.15, 0.2) is 30.3 Å². The van der Waals surface area contributed by atoms with Gasteiger partial charge in [-0.2, -0.15) is 0 Å². The van der Waals surface area contributed by atoms with Crippen molar-refractivity contribution in [2.24, 2.45) is 0 Å². The van der Waals surface area contributed by atoms with Gasteiger partial charge < -0.3 is 4.90 Å². The summed E-state index contributed by atoms with van der Waals surface area (Å²) in [6.45, 7) is 3.95. The number of halogens is 1. The smallest absolute Gasteiger partial charge is 0.0925 e. The van der Waals surface area contributed by atoms with Crippen LogP contribution in [0.25, 0.3) is 0 Å². The van der Waals surface area contributed by atoms with E-state index in [1.165, 1.54) is 18.4 Å². The average molecular weight is 239 g/mol. The molecule has 1 saturated heterocycles. The highest BCUT2D eigenvalue weighted by Crippen LogP contribution is 2.27. The first-order valence-electron chi connectivity index (χ1n) is 5.62. The van der Waals surface area contributed by atoms with Gasteiger partial charge in [-0.05, 0) is 31.2 Å². The zero-order valence-corrected chi connectivity index (χ0v) is 10.5. The number of rotatable bonds is 1. The van der Waals surface area contributed by atoms with Crippen LogP contribution in [0, 0.1) is 5.41 Å². The van der Waals surface area contributed by atoms with E-state index in [0.717, 1.165) is 13.1 Å². The molecule has 0 unspecified atom stereocenters. The summed E-state index contributed by atoms with van der Waals surface area (Å²) in [5.74, 6) is 1.41. The molecule has 0 aliphatic carbocycles. The molecule has 1 aromatic rings. The molecule has 0 bridgehead atoms. The molecule has 2 nitrogen and oxygen atoms in total. The number of likely N-dealkylation sites (tertiary alicyclic amines) is 1. The summed E-state index contributed by atoms with van der Waals surface area (Å²) >= 11 is 0. The van der Waals surface area contributed by atoms with E-state index in [1.807, 2.05) is 6.92 Å². The summed E-state index contributed by atoms with van der Waals surface area (Å²) in [5, 5.41) is 7.59. The quantitative estimate of drug-likeness (QED) is 0.590. The van der Waals surface area contributed by atoms with Gasteiger partial charge in [0, 0.05) is 13.1 Å². The van der Waals surface area contributed by atoms with Crippen LogP contribution >= 0.6 is 12.4 Å². The number of amidine groups is 1. The van der Waals surface area contributed by atoms with Crippen LogP contribution in [0.2, 0.25) is 0 Å². The number of piperidine rings is 1. The molecule has 1 fully saturated rings. The number of nitrogens with zero attached hydrogens (tertiary/aromatic N) is 1. The van der Waals surface area contributed by atoms with E-state index in [1.54, 1.807) is 0 Å². The van der Waals surface area contributed by atoms with Crippen LogP contribution in [-0.2, 0) is 0 Å². The van der Waals surface area contributed by atoms with Gasteiger partial charge >= 0.3 is 0 Å². The maximum absolute atomic E-state index is 7.59. The normalized spacial score (nSPS) is 16.7. The fourth-order valence-electron chi connectivity index (χ4n) is 2.27. The molecule has 1 aliphatic rings. The molecule has 0 spiro atoms. The van der Waals surface area contributed by atoms with Gasteiger partial charge in [-0.3, -0.25) is 5.41 Å². The summed E-state index contributed by atoms with van der Waals surface area (Å²) in [6.07, 6.45) is 2.36. The molecular weight excluding hydrogens is 220 g/mol. The maximum Gasteiger partial charge on any atom is 0.0925 e. The standard InChI is InChI=1S/C13H18N2.ClH/c1-11(14)15-9-7-13(8-10-15)12-5-3-2-4-6-12;/h2-6,13-14H,7-10H2,1H3;1H. The van der Waals surface area contributed by atoms with Crippen molar-refractivity contribution in [1.29, 1.82) is 5.41 Å². The van der Waals surface area contributed by atoms with Gasteiger partial charge in [-0.25, -0.2) is 0 Å². The van der Waals surface area contributed by atoms with Crippen molar-refractivity contribution in [1.82, 2.24) is 4.90 Å². The Morgan fingerprint density at radius 1 is 1.19 bits per heavy atom. The van der Waals surface area contributed by atoms with Crippen molar-refractivity contribution in [2.45, 2.75) is 25.7 Å². The van der Waals surface area contributed by atoms with E-state index in [4.69, 9.17) is 5.41 Å². The topological polar surface area (TPSA) is 27.1 Å². The third kappa shape index (κ3) is 2.99. The Hall–Kier alpha value is -1.02. The first-order chi connectivity index (χ1) is 7.27. The van der Waals surface area contributed by atoms with E-state index >= 15 is 0 Å². The Morgan fingerprint density at radius 2 is 1.75 bits per heavy atom. The van der Waals surface area contributed by atoms with Gasteiger partial charge in [-0.1, -0.05) is 30.3 Å². The highest BCUT2D eigenvalue weighted by molar-refractivity contribution is 5.85. The Morgan fingerprint density at radius 3 is 2.25 bits per heavy atom. The van der Waals surface area contributed by atoms with Crippen LogP contribution in [0.5, 0.6) is 0 Å². The average Bonchev–Trinajstić information content (AvgIpc) is 2.30. The largest absolute Gasteiger partial charge is 0.361 e. The van der Waals surface area contributed by atoms with Gasteiger partial charge in [0.05, 0.1) is 5.84 Å². The number of benzene rings is 1. The van der Waals surface area contributed by atoms with Crippen molar-refractivity contribution in [3.63, 3.8) is 0 Å². The summed E-state index contributed by atoms with van der Waals surface area (Å²) < 4.78 is 0. The fourth-order valence-corrected chi connectivity index (χ4v) is 2.27. The lowest BCUT2D eigenvalue weighted by Crippen LogP contribution is -2.35. The van der Waals surface area contributed by atoms with Crippen LogP contribution < -0.4 is 0 Å². The number of hydrogen-bond acceptors (Lipinski definition) is 1. The molecular formula is C13H19ClN2. The first-order valence-corrected chi connectivity index (χ1v) is 5.62. The lowest BCUT2D eigenvalue weighted by atomic mass is 9.89. The van der Waals surface area contributed by atoms with E-state index < -0.39 is 0 Å². The Labute approximate surface area is 104 Å². The second-order valence-corrected chi connectivity index (χ2v) is 4.26. The minimum Gasteiger partial charge on any atom is -0.361 e. The molecule has 16 heavy (non-hydrogen) atoms. The SMILES string of the molecule is CC(=N)N1CCC(c2ccccc2)CC1.Cl. The minimum atomic E-state index is 0. The molecule has 88 valence electrons. The number of hydrogen-bond donors (Lipinski definition) is 1. The van der Waals surface area contributed by atoms with Crippen molar-refractivity contribution in [2.75, 3.05) is 13.1 Å². The molecule has 2 rings (SSSR count). The molecule has 0 radical (unpaired) electrons. The zero-order chi connectivity index (χ0) is 10.7. The molecule has 0 saturated carbocycles. The Bertz CT molecular complexity index is 329. The van der Waals surface area contributed by atoms with Gasteiger partial charge in [0.1, 0.15) is 0 Å². The Kier molecular flexibility index (Phi) is 4.81. The van der Waals surface area contributed by atoms with E-state index in [9.17, 15) is 0 Å². The zero-order valence-electron chi connectivity index (χ0n) is 9.65. The molecule has 1 N–H and O–H groups in total. The molecule has 1 aromatic carbocycles. The van der Waals surface area contributed by atoms with Gasteiger partial charge in [-0.15, -0.1) is 12.4 Å². The van der Waals surface area contributed by atoms with Crippen LogP contribution in [-0.4, -0.2) is 23.8 Å². The van der Waals surface area contributed by atoms with E-state index in [0.29, 0.717) is 11.8 Å². The third-order valence-corrected chi connectivity index (χ3v) is 3.24. The van der Waals surface area contributed by atoms with Crippen molar-refractivity contribution in [3.8, 4) is 0 Å². The summed E-state index contributed by atoms with van der Waals surface area (Å²) in [5.41, 5.74) is 1.46. The van der Waals surface area contributed by atoms with Gasteiger partial charge in [0.15, 0.2) is 0 Å². The fraction of sp³-hybridized carbons (Fsp3) is 0.462. The molecule has 0 amide bonds. The second-order valence-electron chi connectivity index (χ2n) is 4.26. The monoisotopic (exact) mass is 238 g/mol. The van der Waals surface area contributed by atoms with Gasteiger partial charge in [0.25, 0.3) is 0 Å². The predicted molar refractivity (Wildman–Crippen MR) is 70.6 cm³/mol. The molecule has 0 atom stereocenters. The van der Waals surface area contributed by atoms with Crippen LogP contribution in [0.4, 0.5) is 0 Å². The molecule has 1 heterocycles. The lowest BCUT2D eigenvalue weighted by molar-refractivity contribution is 0.310. The Balaban J connectivity index is 0.00000128. The molecule has 0 aromatic heterocycles. The maximum atomic E-state index is 7.59. The van der Waals surface area contributed by atoms with Crippen molar-refractivity contribution >= 4 is 18.2 Å². The predicted octanol–water partition coefficient (Wildman–Crippen LogP) is 3.28. The summed E-state index contributed by atoms with van der Waals surface area (Å²) in [6, 6.07) is 10.7. The van der Waals surface area contributed by atoms with E-state index in [-0.39, 0.29) is 12.4 Å². The molecule has 1 aliphatic heterocycles. The first kappa shape index (κ1) is 13.0. The van der Waals surface area contributed by atoms with Crippen LogP contribution in [0.1, 0.15) is 31.2 Å². The lowest BCUT2D eigenvalue weighted by Gasteiger charge is -2.32. The molecule has 3 heteroatoms. The summed E-state index contributed by atoms with van der Waals surface area (Å²) in [7, 11) is 0. The van der Waals surface area contributed by atoms with E-state index in [2.05, 4.69) is 35.2 Å². The minimum absolute atomic E-state index is 0. The number of nitrogens with one attached hydrogen (secondary N) is 1. The second kappa shape index (κ2) is 5.90. The van der Waals surface area contributed by atoms with Crippen LogP contribution in [0.3, 0.4) is 0 Å². The third-order valence-electron chi connectivity index (χ3n) is 3.24. The highest BCUT2D eigenvalue weighted by atomic mass is 35.5.